The van der Waals surface area contributed by atoms with Crippen molar-refractivity contribution in [3.8, 4) is 0 Å². The van der Waals surface area contributed by atoms with Gasteiger partial charge in [-0.15, -0.1) is 0 Å². The molecule has 1 fully saturated rings. The molecule has 132 valence electrons. The fraction of sp³-hybridized carbons (Fsp3) is 0.667. The zero-order chi connectivity index (χ0) is 17.3. The van der Waals surface area contributed by atoms with Crippen molar-refractivity contribution in [1.82, 2.24) is 20.3 Å². The Labute approximate surface area is 143 Å². The van der Waals surface area contributed by atoms with Gasteiger partial charge in [0.1, 0.15) is 5.76 Å². The predicted molar refractivity (Wildman–Crippen MR) is 91.8 cm³/mol. The molecule has 0 spiro atoms. The van der Waals surface area contributed by atoms with Gasteiger partial charge in [-0.3, -0.25) is 10.00 Å². The minimum Gasteiger partial charge on any atom is -0.380 e. The van der Waals surface area contributed by atoms with E-state index in [0.29, 0.717) is 5.92 Å². The Morgan fingerprint density at radius 1 is 1.33 bits per heavy atom. The Morgan fingerprint density at radius 2 is 2.12 bits per heavy atom. The summed E-state index contributed by atoms with van der Waals surface area (Å²) in [6, 6.07) is 4.19. The molecule has 6 nitrogen and oxygen atoms in total. The number of hydrogen-bond acceptors (Lipinski definition) is 5. The van der Waals surface area contributed by atoms with Gasteiger partial charge in [0.15, 0.2) is 0 Å². The van der Waals surface area contributed by atoms with E-state index in [1.807, 2.05) is 13.0 Å². The maximum Gasteiger partial charge on any atom is 0.137 e. The molecule has 1 N–H and O–H groups in total. The van der Waals surface area contributed by atoms with Crippen molar-refractivity contribution in [2.75, 3.05) is 20.2 Å². The van der Waals surface area contributed by atoms with E-state index in [-0.39, 0.29) is 11.5 Å². The van der Waals surface area contributed by atoms with Crippen LogP contribution in [0.15, 0.2) is 16.7 Å². The molecular formula is C18H28N4O2. The molecule has 1 aliphatic heterocycles. The lowest BCUT2D eigenvalue weighted by Crippen LogP contribution is -2.23. The van der Waals surface area contributed by atoms with E-state index in [1.165, 1.54) is 0 Å². The molecule has 0 unspecified atom stereocenters. The van der Waals surface area contributed by atoms with Gasteiger partial charge < -0.3 is 9.26 Å². The van der Waals surface area contributed by atoms with Gasteiger partial charge in [0, 0.05) is 56.3 Å². The zero-order valence-electron chi connectivity index (χ0n) is 15.3. The Bertz CT molecular complexity index is 671. The highest BCUT2D eigenvalue weighted by atomic mass is 16.5. The highest BCUT2D eigenvalue weighted by Gasteiger charge is 2.34. The largest absolute Gasteiger partial charge is 0.380 e. The summed E-state index contributed by atoms with van der Waals surface area (Å²) < 4.78 is 11.1. The van der Waals surface area contributed by atoms with E-state index in [0.717, 1.165) is 48.9 Å². The molecule has 3 rings (SSSR count). The lowest BCUT2D eigenvalue weighted by Gasteiger charge is -2.15. The van der Waals surface area contributed by atoms with Gasteiger partial charge in [-0.2, -0.15) is 5.10 Å². The van der Waals surface area contributed by atoms with E-state index >= 15 is 0 Å². The summed E-state index contributed by atoms with van der Waals surface area (Å²) >= 11 is 0. The van der Waals surface area contributed by atoms with Crippen LogP contribution in [0.3, 0.4) is 0 Å². The quantitative estimate of drug-likeness (QED) is 0.912. The third-order valence-corrected chi connectivity index (χ3v) is 4.69. The van der Waals surface area contributed by atoms with Gasteiger partial charge in [0.25, 0.3) is 0 Å². The molecule has 0 amide bonds. The normalized spacial score (nSPS) is 22.4. The predicted octanol–water partition coefficient (Wildman–Crippen LogP) is 2.69. The number of aryl methyl sites for hydroxylation is 1. The molecule has 3 heterocycles. The number of nitrogens with zero attached hydrogens (tertiary/aromatic N) is 3. The molecule has 0 bridgehead atoms. The second-order valence-electron chi connectivity index (χ2n) is 7.90. The molecule has 0 saturated carbocycles. The van der Waals surface area contributed by atoms with E-state index in [4.69, 9.17) is 9.26 Å². The monoisotopic (exact) mass is 332 g/mol. The highest BCUT2D eigenvalue weighted by molar-refractivity contribution is 5.16. The minimum absolute atomic E-state index is 0.0709. The van der Waals surface area contributed by atoms with Crippen LogP contribution in [0.25, 0.3) is 0 Å². The van der Waals surface area contributed by atoms with Crippen LogP contribution < -0.4 is 0 Å². The number of hydrogen-bond donors (Lipinski definition) is 1. The third kappa shape index (κ3) is 3.87. The average Bonchev–Trinajstić information content (AvgIpc) is 3.20. The zero-order valence-corrected chi connectivity index (χ0v) is 15.3. The molecule has 2 aromatic rings. The molecule has 0 radical (unpaired) electrons. The highest BCUT2D eigenvalue weighted by Crippen LogP contribution is 2.26. The van der Waals surface area contributed by atoms with Gasteiger partial charge >= 0.3 is 0 Å². The SMILES string of the molecule is CO[C@H]1CN(Cc2cc(C(C)(C)C)n[nH]2)C[C@H]1Cc1cc(C)no1. The molecule has 2 atom stereocenters. The smallest absolute Gasteiger partial charge is 0.137 e. The van der Waals surface area contributed by atoms with Crippen molar-refractivity contribution in [3.05, 3.63) is 35.0 Å². The number of aromatic nitrogens is 3. The van der Waals surface area contributed by atoms with Gasteiger partial charge in [0.2, 0.25) is 0 Å². The lowest BCUT2D eigenvalue weighted by molar-refractivity contribution is 0.0761. The van der Waals surface area contributed by atoms with Gasteiger partial charge in [-0.25, -0.2) is 0 Å². The summed E-state index contributed by atoms with van der Waals surface area (Å²) in [6.45, 7) is 11.3. The number of likely N-dealkylation sites (tertiary alicyclic amines) is 1. The molecule has 1 saturated heterocycles. The molecule has 6 heteroatoms. The van der Waals surface area contributed by atoms with Gasteiger partial charge in [-0.05, 0) is 13.0 Å². The van der Waals surface area contributed by atoms with E-state index in [9.17, 15) is 0 Å². The minimum atomic E-state index is 0.0709. The number of nitrogens with one attached hydrogen (secondary N) is 1. The summed E-state index contributed by atoms with van der Waals surface area (Å²) in [6.07, 6.45) is 1.09. The average molecular weight is 332 g/mol. The van der Waals surface area contributed by atoms with Crippen LogP contribution in [0.1, 0.15) is 43.6 Å². The molecular weight excluding hydrogens is 304 g/mol. The number of rotatable bonds is 5. The van der Waals surface area contributed by atoms with Crippen LogP contribution in [0, 0.1) is 12.8 Å². The first-order valence-corrected chi connectivity index (χ1v) is 8.57. The van der Waals surface area contributed by atoms with Crippen molar-refractivity contribution in [1.29, 1.82) is 0 Å². The van der Waals surface area contributed by atoms with Gasteiger partial charge in [0.05, 0.1) is 17.5 Å². The second kappa shape index (κ2) is 6.69. The summed E-state index contributed by atoms with van der Waals surface area (Å²) in [5.41, 5.74) is 3.27. The Balaban J connectivity index is 1.62. The summed E-state index contributed by atoms with van der Waals surface area (Å²) in [5, 5.41) is 11.6. The first-order valence-electron chi connectivity index (χ1n) is 8.57. The second-order valence-corrected chi connectivity index (χ2v) is 7.90. The van der Waals surface area contributed by atoms with E-state index in [1.54, 1.807) is 7.11 Å². The van der Waals surface area contributed by atoms with Crippen molar-refractivity contribution in [3.63, 3.8) is 0 Å². The number of ether oxygens (including phenoxy) is 1. The molecule has 0 aliphatic carbocycles. The Morgan fingerprint density at radius 3 is 2.71 bits per heavy atom. The van der Waals surface area contributed by atoms with Crippen molar-refractivity contribution in [2.45, 2.75) is 52.2 Å². The maximum atomic E-state index is 5.70. The molecule has 0 aromatic carbocycles. The summed E-state index contributed by atoms with van der Waals surface area (Å²) in [4.78, 5) is 2.42. The molecule has 2 aromatic heterocycles. The van der Waals surface area contributed by atoms with Crippen LogP contribution in [-0.2, 0) is 23.1 Å². The van der Waals surface area contributed by atoms with Crippen molar-refractivity contribution < 1.29 is 9.26 Å². The fourth-order valence-corrected chi connectivity index (χ4v) is 3.36. The third-order valence-electron chi connectivity index (χ3n) is 4.69. The van der Waals surface area contributed by atoms with Crippen LogP contribution in [0.5, 0.6) is 0 Å². The Hall–Kier alpha value is -1.66. The summed E-state index contributed by atoms with van der Waals surface area (Å²) in [7, 11) is 1.79. The van der Waals surface area contributed by atoms with E-state index < -0.39 is 0 Å². The van der Waals surface area contributed by atoms with Crippen LogP contribution in [0.2, 0.25) is 0 Å². The van der Waals surface area contributed by atoms with E-state index in [2.05, 4.69) is 47.1 Å². The molecule has 24 heavy (non-hydrogen) atoms. The van der Waals surface area contributed by atoms with Crippen molar-refractivity contribution >= 4 is 0 Å². The maximum absolute atomic E-state index is 5.70. The number of aromatic amines is 1. The number of methoxy groups -OCH3 is 1. The van der Waals surface area contributed by atoms with Crippen LogP contribution in [-0.4, -0.2) is 46.6 Å². The van der Waals surface area contributed by atoms with Crippen LogP contribution in [0.4, 0.5) is 0 Å². The first-order chi connectivity index (χ1) is 11.3. The summed E-state index contributed by atoms with van der Waals surface area (Å²) in [5.74, 6) is 1.37. The van der Waals surface area contributed by atoms with Crippen LogP contribution >= 0.6 is 0 Å². The van der Waals surface area contributed by atoms with Gasteiger partial charge in [-0.1, -0.05) is 25.9 Å². The first kappa shape index (κ1) is 17.2. The number of H-pyrrole nitrogens is 1. The van der Waals surface area contributed by atoms with Crippen molar-refractivity contribution in [2.24, 2.45) is 5.92 Å². The standard InChI is InChI=1S/C18H28N4O2/c1-12-6-15(24-21-12)7-13-9-22(11-16(13)23-5)10-14-8-17(20-19-14)18(2,3)4/h6,8,13,16H,7,9-11H2,1-5H3,(H,19,20)/t13-,16+/m1/s1. The fourth-order valence-electron chi connectivity index (χ4n) is 3.36. The topological polar surface area (TPSA) is 67.2 Å². The lowest BCUT2D eigenvalue weighted by atomic mass is 9.92. The Kier molecular flexibility index (Phi) is 4.78. The molecule has 1 aliphatic rings.